The minimum Gasteiger partial charge on any atom is -0.457 e. The second kappa shape index (κ2) is 8.86. The van der Waals surface area contributed by atoms with Gasteiger partial charge in [0.1, 0.15) is 11.5 Å². The predicted molar refractivity (Wildman–Crippen MR) is 125 cm³/mol. The average Bonchev–Trinajstić information content (AvgIpc) is 3.21. The number of nitrogens with one attached hydrogen (secondary N) is 1. The van der Waals surface area contributed by atoms with Gasteiger partial charge in [0.25, 0.3) is 5.91 Å². The van der Waals surface area contributed by atoms with Gasteiger partial charge in [-0.1, -0.05) is 6.58 Å². The largest absolute Gasteiger partial charge is 0.457 e. The summed E-state index contributed by atoms with van der Waals surface area (Å²) in [6, 6.07) is 9.95. The number of halogens is 2. The van der Waals surface area contributed by atoms with Crippen LogP contribution in [0, 0.1) is 17.6 Å². The second-order valence-electron chi connectivity index (χ2n) is 8.59. The molecular formula is C25H23F2N5O3. The Labute approximate surface area is 200 Å². The zero-order valence-corrected chi connectivity index (χ0v) is 18.7. The fourth-order valence-corrected chi connectivity index (χ4v) is 4.64. The van der Waals surface area contributed by atoms with Crippen LogP contribution in [0.5, 0.6) is 11.5 Å². The molecule has 3 N–H and O–H groups in total. The fraction of sp³-hybridized carbons (Fsp3) is 0.240. The van der Waals surface area contributed by atoms with E-state index in [2.05, 4.69) is 11.9 Å². The molecule has 8 nitrogen and oxygen atoms in total. The van der Waals surface area contributed by atoms with Crippen LogP contribution in [0.2, 0.25) is 0 Å². The van der Waals surface area contributed by atoms with Crippen LogP contribution in [0.1, 0.15) is 28.5 Å². The minimum atomic E-state index is -1.00. The van der Waals surface area contributed by atoms with Gasteiger partial charge in [0.05, 0.1) is 17.1 Å². The molecule has 180 valence electrons. The first-order valence-electron chi connectivity index (χ1n) is 11.2. The van der Waals surface area contributed by atoms with Gasteiger partial charge in [-0.2, -0.15) is 5.10 Å². The monoisotopic (exact) mass is 479 g/mol. The maximum atomic E-state index is 13.5. The van der Waals surface area contributed by atoms with Gasteiger partial charge in [0, 0.05) is 37.5 Å². The summed E-state index contributed by atoms with van der Waals surface area (Å²) < 4.78 is 33.7. The van der Waals surface area contributed by atoms with Gasteiger partial charge in [0.2, 0.25) is 5.91 Å². The summed E-state index contributed by atoms with van der Waals surface area (Å²) in [5.41, 5.74) is 7.93. The Kier molecular flexibility index (Phi) is 5.72. The molecule has 0 saturated carbocycles. The van der Waals surface area contributed by atoms with Crippen LogP contribution in [-0.2, 0) is 4.79 Å². The predicted octanol–water partition coefficient (Wildman–Crippen LogP) is 3.59. The van der Waals surface area contributed by atoms with E-state index >= 15 is 0 Å². The van der Waals surface area contributed by atoms with Crippen molar-refractivity contribution < 1.29 is 23.1 Å². The third-order valence-corrected chi connectivity index (χ3v) is 6.43. The maximum absolute atomic E-state index is 13.5. The van der Waals surface area contributed by atoms with Crippen molar-refractivity contribution in [2.45, 2.75) is 12.3 Å². The highest BCUT2D eigenvalue weighted by Gasteiger charge is 2.41. The molecule has 2 aliphatic heterocycles. The van der Waals surface area contributed by atoms with E-state index in [1.54, 1.807) is 29.2 Å². The number of fused-ring (bicyclic) bond motifs is 1. The van der Waals surface area contributed by atoms with Gasteiger partial charge in [-0.05, 0) is 48.9 Å². The Hall–Kier alpha value is -4.21. The van der Waals surface area contributed by atoms with Gasteiger partial charge in [-0.25, -0.2) is 13.5 Å². The number of carbonyl (C=O) groups is 2. The Morgan fingerprint density at radius 3 is 2.49 bits per heavy atom. The zero-order chi connectivity index (χ0) is 24.7. The van der Waals surface area contributed by atoms with Gasteiger partial charge < -0.3 is 20.7 Å². The number of nitrogens with zero attached hydrogens (tertiary/aromatic N) is 3. The topological polar surface area (TPSA) is 102 Å². The van der Waals surface area contributed by atoms with Crippen molar-refractivity contribution >= 4 is 17.5 Å². The lowest BCUT2D eigenvalue weighted by molar-refractivity contribution is -0.132. The number of ether oxygens (including phenoxy) is 1. The highest BCUT2D eigenvalue weighted by atomic mass is 19.2. The highest BCUT2D eigenvalue weighted by molar-refractivity contribution is 5.98. The summed E-state index contributed by atoms with van der Waals surface area (Å²) >= 11 is 0. The van der Waals surface area contributed by atoms with Gasteiger partial charge in [0.15, 0.2) is 17.3 Å². The summed E-state index contributed by atoms with van der Waals surface area (Å²) in [5.74, 6) is -1.81. The van der Waals surface area contributed by atoms with Gasteiger partial charge in [-0.3, -0.25) is 9.59 Å². The third kappa shape index (κ3) is 4.11. The Balaban J connectivity index is 1.41. The molecule has 0 aliphatic carbocycles. The molecule has 5 rings (SSSR count). The average molecular weight is 479 g/mol. The molecule has 2 aliphatic rings. The van der Waals surface area contributed by atoms with Crippen molar-refractivity contribution in [3.05, 3.63) is 78.1 Å². The molecule has 10 heteroatoms. The first-order chi connectivity index (χ1) is 16.9. The second-order valence-corrected chi connectivity index (χ2v) is 8.59. The first kappa shape index (κ1) is 22.6. The molecule has 2 amide bonds. The molecule has 1 atom stereocenters. The first-order valence-corrected chi connectivity index (χ1v) is 11.2. The molecule has 1 saturated heterocycles. The van der Waals surface area contributed by atoms with Gasteiger partial charge in [-0.15, -0.1) is 0 Å². The third-order valence-electron chi connectivity index (χ3n) is 6.43. The number of carbonyl (C=O) groups excluding carboxylic acids is 2. The number of aromatic nitrogens is 2. The normalized spacial score (nSPS) is 17.2. The summed E-state index contributed by atoms with van der Waals surface area (Å²) in [6.45, 7) is 5.43. The quantitative estimate of drug-likeness (QED) is 0.526. The lowest BCUT2D eigenvalue weighted by Gasteiger charge is -2.43. The van der Waals surface area contributed by atoms with E-state index in [1.165, 1.54) is 16.8 Å². The van der Waals surface area contributed by atoms with Crippen LogP contribution >= 0.6 is 0 Å². The van der Waals surface area contributed by atoms with E-state index in [1.807, 2.05) is 0 Å². The Bertz CT molecular complexity index is 1320. The van der Waals surface area contributed by atoms with E-state index in [9.17, 15) is 18.4 Å². The highest BCUT2D eigenvalue weighted by Crippen LogP contribution is 2.42. The standard InChI is InChI=1S/C25H23F2N5O3/c1-2-21(33)31-12-14(13-31)18-9-10-29-23-22(18)30-32(24(23)25(28)34)15-3-5-16(6-4-15)35-17-7-8-19(26)20(27)11-17/h2-8,11,14,18,29H,1,9-10,12-13H2,(H2,28,34). The smallest absolute Gasteiger partial charge is 0.269 e. The van der Waals surface area contributed by atoms with Crippen LogP contribution in [0.4, 0.5) is 14.5 Å². The maximum Gasteiger partial charge on any atom is 0.269 e. The van der Waals surface area contributed by atoms with Crippen LogP contribution in [0.3, 0.4) is 0 Å². The molecule has 1 aromatic heterocycles. The van der Waals surface area contributed by atoms with Crippen molar-refractivity contribution in [1.29, 1.82) is 0 Å². The Morgan fingerprint density at radius 1 is 1.11 bits per heavy atom. The van der Waals surface area contributed by atoms with Crippen molar-refractivity contribution in [3.8, 4) is 17.2 Å². The molecule has 1 unspecified atom stereocenters. The van der Waals surface area contributed by atoms with Gasteiger partial charge >= 0.3 is 0 Å². The lowest BCUT2D eigenvalue weighted by Crippen LogP contribution is -2.52. The van der Waals surface area contributed by atoms with Crippen LogP contribution in [0.25, 0.3) is 5.69 Å². The van der Waals surface area contributed by atoms with Crippen LogP contribution in [0.15, 0.2) is 55.1 Å². The fourth-order valence-electron chi connectivity index (χ4n) is 4.64. The summed E-state index contributed by atoms with van der Waals surface area (Å²) in [6.07, 6.45) is 2.13. The number of rotatable bonds is 6. The van der Waals surface area contributed by atoms with E-state index in [4.69, 9.17) is 15.6 Å². The SMILES string of the molecule is C=CC(=O)N1CC(C2CCNc3c2nn(-c2ccc(Oc4ccc(F)c(F)c4)cc2)c3C(N)=O)C1. The number of likely N-dealkylation sites (tertiary alicyclic amines) is 1. The number of anilines is 1. The molecule has 0 radical (unpaired) electrons. The van der Waals surface area contributed by atoms with Crippen LogP contribution < -0.4 is 15.8 Å². The summed E-state index contributed by atoms with van der Waals surface area (Å²) in [4.78, 5) is 26.0. The van der Waals surface area contributed by atoms with E-state index < -0.39 is 17.5 Å². The molecule has 35 heavy (non-hydrogen) atoms. The Morgan fingerprint density at radius 2 is 1.83 bits per heavy atom. The number of hydrogen-bond donors (Lipinski definition) is 2. The molecule has 3 aromatic rings. The zero-order valence-electron chi connectivity index (χ0n) is 18.7. The van der Waals surface area contributed by atoms with Crippen molar-refractivity contribution in [2.24, 2.45) is 11.7 Å². The van der Waals surface area contributed by atoms with E-state index in [-0.39, 0.29) is 29.2 Å². The number of nitrogens with two attached hydrogens (primary N) is 1. The number of hydrogen-bond acceptors (Lipinski definition) is 5. The molecule has 2 aromatic carbocycles. The van der Waals surface area contributed by atoms with E-state index in [0.717, 1.165) is 24.2 Å². The molecule has 0 bridgehead atoms. The summed E-state index contributed by atoms with van der Waals surface area (Å²) in [7, 11) is 0. The molecular weight excluding hydrogens is 456 g/mol. The van der Waals surface area contributed by atoms with Crippen molar-refractivity contribution in [3.63, 3.8) is 0 Å². The molecule has 3 heterocycles. The lowest BCUT2D eigenvalue weighted by atomic mass is 9.79. The molecule has 0 spiro atoms. The minimum absolute atomic E-state index is 0.0791. The number of primary amides is 1. The van der Waals surface area contributed by atoms with E-state index in [0.29, 0.717) is 36.8 Å². The van der Waals surface area contributed by atoms with Crippen molar-refractivity contribution in [1.82, 2.24) is 14.7 Å². The summed E-state index contributed by atoms with van der Waals surface area (Å²) in [5, 5.41) is 8.01. The number of benzene rings is 2. The van der Waals surface area contributed by atoms with Crippen molar-refractivity contribution in [2.75, 3.05) is 25.0 Å². The number of amides is 2. The molecule has 1 fully saturated rings. The van der Waals surface area contributed by atoms with Crippen LogP contribution in [-0.4, -0.2) is 46.1 Å².